The molecule has 4 heterocycles. The number of aryl methyl sites for hydroxylation is 1. The lowest BCUT2D eigenvalue weighted by molar-refractivity contribution is -0.274. The van der Waals surface area contributed by atoms with Gasteiger partial charge in [0.15, 0.2) is 5.13 Å². The molecule has 2 unspecified atom stereocenters. The molecule has 0 spiro atoms. The van der Waals surface area contributed by atoms with Gasteiger partial charge in [-0.25, -0.2) is 4.98 Å². The number of benzene rings is 2. The van der Waals surface area contributed by atoms with Crippen LogP contribution in [0, 0.1) is 6.92 Å². The van der Waals surface area contributed by atoms with Gasteiger partial charge in [0.1, 0.15) is 17.2 Å². The Hall–Kier alpha value is -2.63. The minimum absolute atomic E-state index is 0.0375. The molecule has 1 saturated carbocycles. The number of rotatable bonds is 7. The molecule has 11 heteroatoms. The quantitative estimate of drug-likeness (QED) is 0.203. The fourth-order valence-corrected chi connectivity index (χ4v) is 8.20. The summed E-state index contributed by atoms with van der Waals surface area (Å²) in [5.74, 6) is 0.653. The highest BCUT2D eigenvalue weighted by Crippen LogP contribution is 2.47. The molecular formula is C29H27BrF3N3O3S. The molecule has 3 aliphatic rings. The fraction of sp³-hybridized carbons (Fsp3) is 0.448. The van der Waals surface area contributed by atoms with Crippen LogP contribution in [0.4, 0.5) is 18.3 Å². The van der Waals surface area contributed by atoms with Crippen LogP contribution in [-0.2, 0) is 11.3 Å². The summed E-state index contributed by atoms with van der Waals surface area (Å²) >= 11 is 5.34. The summed E-state index contributed by atoms with van der Waals surface area (Å²) in [5.41, 5.74) is 3.56. The Morgan fingerprint density at radius 2 is 1.85 bits per heavy atom. The van der Waals surface area contributed by atoms with Gasteiger partial charge in [0.05, 0.1) is 22.9 Å². The molecule has 2 bridgehead atoms. The van der Waals surface area contributed by atoms with Gasteiger partial charge in [0, 0.05) is 33.6 Å². The molecule has 3 fully saturated rings. The smallest absolute Gasteiger partial charge is 0.405 e. The summed E-state index contributed by atoms with van der Waals surface area (Å²) in [6, 6.07) is 11.0. The van der Waals surface area contributed by atoms with E-state index in [1.54, 1.807) is 23.5 Å². The zero-order valence-corrected chi connectivity index (χ0v) is 24.1. The van der Waals surface area contributed by atoms with E-state index in [9.17, 15) is 13.2 Å². The van der Waals surface area contributed by atoms with Gasteiger partial charge in [0.25, 0.3) is 0 Å². The lowest BCUT2D eigenvalue weighted by Gasteiger charge is -2.38. The molecule has 2 aromatic heterocycles. The van der Waals surface area contributed by atoms with Crippen molar-refractivity contribution in [1.29, 1.82) is 0 Å². The number of hydrogen-bond donors (Lipinski definition) is 0. The van der Waals surface area contributed by atoms with Crippen LogP contribution in [0.15, 0.2) is 45.4 Å². The Balaban J connectivity index is 1.11. The van der Waals surface area contributed by atoms with Gasteiger partial charge in [-0.3, -0.25) is 0 Å². The van der Waals surface area contributed by atoms with E-state index >= 15 is 0 Å². The minimum Gasteiger partial charge on any atom is -0.405 e. The molecule has 2 saturated heterocycles. The van der Waals surface area contributed by atoms with E-state index in [0.29, 0.717) is 23.5 Å². The summed E-state index contributed by atoms with van der Waals surface area (Å²) in [7, 11) is 0. The Morgan fingerprint density at radius 1 is 1.10 bits per heavy atom. The van der Waals surface area contributed by atoms with Crippen molar-refractivity contribution in [2.75, 3.05) is 4.90 Å². The summed E-state index contributed by atoms with van der Waals surface area (Å²) in [6.45, 7) is 2.33. The van der Waals surface area contributed by atoms with E-state index in [2.05, 4.69) is 49.8 Å². The SMILES string of the molecule is Cc1cc(Br)cc2sc(N3C4CCC3CC(OCc3c(-c5ccccc5OC(F)(F)F)noc3C3CC3)C4)nc12. The summed E-state index contributed by atoms with van der Waals surface area (Å²) in [5, 5.41) is 5.28. The number of ether oxygens (including phenoxy) is 2. The number of hydrogen-bond acceptors (Lipinski definition) is 7. The fourth-order valence-electron chi connectivity index (χ4n) is 6.25. The minimum atomic E-state index is -4.80. The Labute approximate surface area is 241 Å². The molecule has 40 heavy (non-hydrogen) atoms. The molecule has 2 atom stereocenters. The molecule has 2 aliphatic heterocycles. The van der Waals surface area contributed by atoms with Gasteiger partial charge in [-0.05, 0) is 75.3 Å². The number of anilines is 1. The number of thiazole rings is 1. The molecule has 0 radical (unpaired) electrons. The van der Waals surface area contributed by atoms with E-state index in [1.807, 2.05) is 0 Å². The van der Waals surface area contributed by atoms with Crippen LogP contribution >= 0.6 is 27.3 Å². The van der Waals surface area contributed by atoms with E-state index in [4.69, 9.17) is 14.2 Å². The molecule has 0 N–H and O–H groups in total. The van der Waals surface area contributed by atoms with Gasteiger partial charge in [-0.2, -0.15) is 0 Å². The van der Waals surface area contributed by atoms with Crippen LogP contribution in [-0.4, -0.2) is 34.7 Å². The first-order chi connectivity index (χ1) is 19.2. The molecule has 6 nitrogen and oxygen atoms in total. The highest BCUT2D eigenvalue weighted by Gasteiger charge is 2.43. The average Bonchev–Trinajstić information content (AvgIpc) is 3.41. The van der Waals surface area contributed by atoms with Crippen LogP contribution < -0.4 is 9.64 Å². The molecular weight excluding hydrogens is 607 g/mol. The van der Waals surface area contributed by atoms with Crippen molar-refractivity contribution >= 4 is 42.6 Å². The zero-order valence-electron chi connectivity index (χ0n) is 21.7. The number of alkyl halides is 3. The summed E-state index contributed by atoms with van der Waals surface area (Å²) < 4.78 is 58.1. The van der Waals surface area contributed by atoms with Gasteiger partial charge in [-0.15, -0.1) is 13.2 Å². The number of piperidine rings is 1. The van der Waals surface area contributed by atoms with Gasteiger partial charge in [0.2, 0.25) is 0 Å². The van der Waals surface area contributed by atoms with Gasteiger partial charge in [-0.1, -0.05) is 44.6 Å². The Morgan fingerprint density at radius 3 is 2.58 bits per heavy atom. The molecule has 210 valence electrons. The third kappa shape index (κ3) is 5.00. The third-order valence-electron chi connectivity index (χ3n) is 8.15. The predicted octanol–water partition coefficient (Wildman–Crippen LogP) is 8.51. The van der Waals surface area contributed by atoms with Crippen LogP contribution in [0.5, 0.6) is 5.75 Å². The van der Waals surface area contributed by atoms with E-state index < -0.39 is 6.36 Å². The van der Waals surface area contributed by atoms with Crippen molar-refractivity contribution in [3.63, 3.8) is 0 Å². The number of para-hydroxylation sites is 1. The van der Waals surface area contributed by atoms with Crippen molar-refractivity contribution in [3.05, 3.63) is 57.8 Å². The van der Waals surface area contributed by atoms with Crippen LogP contribution in [0.1, 0.15) is 61.3 Å². The lowest BCUT2D eigenvalue weighted by Crippen LogP contribution is -2.45. The maximum absolute atomic E-state index is 13.1. The first kappa shape index (κ1) is 26.3. The molecule has 7 rings (SSSR count). The van der Waals surface area contributed by atoms with Gasteiger partial charge >= 0.3 is 6.36 Å². The topological polar surface area (TPSA) is 60.6 Å². The van der Waals surface area contributed by atoms with Gasteiger partial charge < -0.3 is 18.9 Å². The first-order valence-electron chi connectivity index (χ1n) is 13.5. The maximum atomic E-state index is 13.1. The van der Waals surface area contributed by atoms with E-state index in [1.165, 1.54) is 16.8 Å². The molecule has 4 aromatic rings. The maximum Gasteiger partial charge on any atom is 0.573 e. The van der Waals surface area contributed by atoms with Crippen molar-refractivity contribution in [3.8, 4) is 17.0 Å². The predicted molar refractivity (Wildman–Crippen MR) is 150 cm³/mol. The summed E-state index contributed by atoms with van der Waals surface area (Å²) in [4.78, 5) is 7.51. The van der Waals surface area contributed by atoms with Crippen molar-refractivity contribution in [1.82, 2.24) is 10.1 Å². The van der Waals surface area contributed by atoms with Crippen LogP contribution in [0.3, 0.4) is 0 Å². The largest absolute Gasteiger partial charge is 0.573 e. The third-order valence-corrected chi connectivity index (χ3v) is 9.62. The second-order valence-electron chi connectivity index (χ2n) is 11.0. The number of halogens is 4. The van der Waals surface area contributed by atoms with Crippen molar-refractivity contribution < 1.29 is 27.2 Å². The second kappa shape index (κ2) is 10.0. The monoisotopic (exact) mass is 633 g/mol. The Bertz CT molecular complexity index is 1550. The summed E-state index contributed by atoms with van der Waals surface area (Å²) in [6.07, 6.45) is 1.13. The molecule has 1 aliphatic carbocycles. The average molecular weight is 635 g/mol. The number of fused-ring (bicyclic) bond motifs is 3. The first-order valence-corrected chi connectivity index (χ1v) is 15.1. The van der Waals surface area contributed by atoms with Crippen LogP contribution in [0.25, 0.3) is 21.5 Å². The molecule has 2 aromatic carbocycles. The van der Waals surface area contributed by atoms with E-state index in [-0.39, 0.29) is 29.9 Å². The normalized spacial score (nSPS) is 22.8. The lowest BCUT2D eigenvalue weighted by atomic mass is 10.00. The van der Waals surface area contributed by atoms with E-state index in [0.717, 1.165) is 64.8 Å². The van der Waals surface area contributed by atoms with Crippen LogP contribution in [0.2, 0.25) is 0 Å². The molecule has 0 amide bonds. The standard InChI is InChI=1S/C29H27BrF3N3O3S/c1-15-10-17(30)11-24-25(15)34-28(40-24)36-18-8-9-19(36)13-20(12-18)37-14-22-26(35-39-27(22)16-6-7-16)21-4-2-3-5-23(21)38-29(31,32)33/h2-5,10-11,16,18-20H,6-9,12-14H2,1H3. The van der Waals surface area contributed by atoms with Crippen molar-refractivity contribution in [2.45, 2.75) is 82.5 Å². The number of aromatic nitrogens is 2. The number of nitrogens with zero attached hydrogens (tertiary/aromatic N) is 3. The zero-order chi connectivity index (χ0) is 27.6. The highest BCUT2D eigenvalue weighted by molar-refractivity contribution is 9.10. The van der Waals surface area contributed by atoms with Crippen molar-refractivity contribution in [2.24, 2.45) is 0 Å². The second-order valence-corrected chi connectivity index (χ2v) is 12.9. The highest BCUT2D eigenvalue weighted by atomic mass is 79.9. The Kier molecular flexibility index (Phi) is 6.59.